The van der Waals surface area contributed by atoms with E-state index in [4.69, 9.17) is 5.73 Å². The topological polar surface area (TPSA) is 118 Å². The van der Waals surface area contributed by atoms with Gasteiger partial charge in [0.05, 0.1) is 10.5 Å². The van der Waals surface area contributed by atoms with Gasteiger partial charge in [-0.25, -0.2) is 12.8 Å². The van der Waals surface area contributed by atoms with E-state index >= 15 is 0 Å². The molecule has 148 valence electrons. The maximum Gasteiger partial charge on any atom is 0.261 e. The van der Waals surface area contributed by atoms with Crippen molar-refractivity contribution in [3.8, 4) is 0 Å². The fraction of sp³-hybridized carbons (Fsp3) is 0. The number of nitrogens with two attached hydrogens (primary N) is 1. The molecule has 0 aromatic heterocycles. The molecule has 29 heavy (non-hydrogen) atoms. The summed E-state index contributed by atoms with van der Waals surface area (Å²) >= 11 is 0. The first-order valence-corrected chi connectivity index (χ1v) is 9.83. The number of amides is 2. The molecule has 7 nitrogen and oxygen atoms in total. The molecule has 3 aromatic carbocycles. The lowest BCUT2D eigenvalue weighted by atomic mass is 10.1. The fourth-order valence-electron chi connectivity index (χ4n) is 2.50. The van der Waals surface area contributed by atoms with E-state index in [0.29, 0.717) is 0 Å². The van der Waals surface area contributed by atoms with Gasteiger partial charge in [0.1, 0.15) is 5.82 Å². The highest BCUT2D eigenvalue weighted by Crippen LogP contribution is 2.18. The van der Waals surface area contributed by atoms with Crippen LogP contribution >= 0.6 is 0 Å². The standard InChI is InChI=1S/C20H16FN3O4S/c21-18-11-10-15(12-17(18)19(22)25)23-20(26)13-6-8-14(9-7-13)24-29(27,28)16-4-2-1-3-5-16/h1-12,24H,(H2,22,25)(H,23,26). The van der Waals surface area contributed by atoms with Crippen LogP contribution < -0.4 is 15.8 Å². The second kappa shape index (κ2) is 8.11. The predicted molar refractivity (Wildman–Crippen MR) is 107 cm³/mol. The van der Waals surface area contributed by atoms with Crippen LogP contribution in [0.15, 0.2) is 77.7 Å². The smallest absolute Gasteiger partial charge is 0.261 e. The summed E-state index contributed by atoms with van der Waals surface area (Å²) in [6.45, 7) is 0. The summed E-state index contributed by atoms with van der Waals surface area (Å²) in [6.07, 6.45) is 0. The highest BCUT2D eigenvalue weighted by Gasteiger charge is 2.15. The Labute approximate surface area is 166 Å². The summed E-state index contributed by atoms with van der Waals surface area (Å²) in [5.41, 5.74) is 5.46. The number of hydrogen-bond donors (Lipinski definition) is 3. The average Bonchev–Trinajstić information content (AvgIpc) is 2.70. The first-order valence-electron chi connectivity index (χ1n) is 8.35. The van der Waals surface area contributed by atoms with Crippen molar-refractivity contribution in [1.82, 2.24) is 0 Å². The lowest BCUT2D eigenvalue weighted by molar-refractivity contribution is 0.0992. The number of hydrogen-bond acceptors (Lipinski definition) is 4. The third-order valence-electron chi connectivity index (χ3n) is 3.94. The van der Waals surface area contributed by atoms with E-state index in [1.165, 1.54) is 42.5 Å². The third kappa shape index (κ3) is 4.77. The Morgan fingerprint density at radius 3 is 2.10 bits per heavy atom. The number of rotatable bonds is 6. The molecule has 0 aliphatic rings. The van der Waals surface area contributed by atoms with Gasteiger partial charge in [0, 0.05) is 16.9 Å². The molecule has 3 rings (SSSR count). The molecular formula is C20H16FN3O4S. The summed E-state index contributed by atoms with van der Waals surface area (Å²) in [7, 11) is -3.74. The molecular weight excluding hydrogens is 397 g/mol. The van der Waals surface area contributed by atoms with E-state index in [1.54, 1.807) is 18.2 Å². The lowest BCUT2D eigenvalue weighted by Gasteiger charge is -2.10. The van der Waals surface area contributed by atoms with Crippen LogP contribution in [0, 0.1) is 5.82 Å². The largest absolute Gasteiger partial charge is 0.366 e. The minimum Gasteiger partial charge on any atom is -0.366 e. The molecule has 0 unspecified atom stereocenters. The van der Waals surface area contributed by atoms with Crippen molar-refractivity contribution in [1.29, 1.82) is 0 Å². The van der Waals surface area contributed by atoms with Crippen LogP contribution in [0.25, 0.3) is 0 Å². The third-order valence-corrected chi connectivity index (χ3v) is 5.34. The molecule has 0 saturated heterocycles. The van der Waals surface area contributed by atoms with E-state index in [1.807, 2.05) is 0 Å². The summed E-state index contributed by atoms with van der Waals surface area (Å²) < 4.78 is 40.6. The van der Waals surface area contributed by atoms with Crippen molar-refractivity contribution in [2.75, 3.05) is 10.0 Å². The van der Waals surface area contributed by atoms with Gasteiger partial charge >= 0.3 is 0 Å². The Kier molecular flexibility index (Phi) is 5.60. The lowest BCUT2D eigenvalue weighted by Crippen LogP contribution is -2.16. The Bertz CT molecular complexity index is 1160. The van der Waals surface area contributed by atoms with Crippen molar-refractivity contribution in [2.45, 2.75) is 4.90 Å². The Balaban J connectivity index is 1.72. The SMILES string of the molecule is NC(=O)c1cc(NC(=O)c2ccc(NS(=O)(=O)c3ccccc3)cc2)ccc1F. The summed E-state index contributed by atoms with van der Waals surface area (Å²) in [6, 6.07) is 17.1. The molecule has 0 heterocycles. The summed E-state index contributed by atoms with van der Waals surface area (Å²) in [5, 5.41) is 2.52. The van der Waals surface area contributed by atoms with Crippen LogP contribution in [0.2, 0.25) is 0 Å². The van der Waals surface area contributed by atoms with Crippen molar-refractivity contribution in [2.24, 2.45) is 5.73 Å². The van der Waals surface area contributed by atoms with Gasteiger partial charge in [0.2, 0.25) is 0 Å². The number of carbonyl (C=O) groups is 2. The molecule has 0 radical (unpaired) electrons. The van der Waals surface area contributed by atoms with E-state index in [-0.39, 0.29) is 27.4 Å². The van der Waals surface area contributed by atoms with Crippen LogP contribution in [-0.4, -0.2) is 20.2 Å². The van der Waals surface area contributed by atoms with Gasteiger partial charge in [-0.05, 0) is 54.6 Å². The number of anilines is 2. The number of primary amides is 1. The minimum atomic E-state index is -3.74. The Morgan fingerprint density at radius 1 is 0.862 bits per heavy atom. The van der Waals surface area contributed by atoms with Crippen LogP contribution in [-0.2, 0) is 10.0 Å². The van der Waals surface area contributed by atoms with Gasteiger partial charge in [-0.15, -0.1) is 0 Å². The van der Waals surface area contributed by atoms with Crippen molar-refractivity contribution in [3.05, 3.63) is 89.7 Å². The van der Waals surface area contributed by atoms with Crippen LogP contribution in [0.3, 0.4) is 0 Å². The number of benzene rings is 3. The molecule has 0 atom stereocenters. The normalized spacial score (nSPS) is 10.9. The van der Waals surface area contributed by atoms with Crippen molar-refractivity contribution in [3.63, 3.8) is 0 Å². The van der Waals surface area contributed by atoms with Gasteiger partial charge in [0.25, 0.3) is 21.8 Å². The predicted octanol–water partition coefficient (Wildman–Crippen LogP) is 2.98. The summed E-state index contributed by atoms with van der Waals surface area (Å²) in [5.74, 6) is -2.26. The monoisotopic (exact) mass is 413 g/mol. The number of sulfonamides is 1. The maximum absolute atomic E-state index is 13.5. The molecule has 9 heteroatoms. The zero-order valence-corrected chi connectivity index (χ0v) is 15.7. The maximum atomic E-state index is 13.5. The molecule has 0 saturated carbocycles. The van der Waals surface area contributed by atoms with Gasteiger partial charge in [0.15, 0.2) is 0 Å². The highest BCUT2D eigenvalue weighted by molar-refractivity contribution is 7.92. The van der Waals surface area contributed by atoms with Crippen molar-refractivity contribution >= 4 is 33.2 Å². The Morgan fingerprint density at radius 2 is 1.48 bits per heavy atom. The van der Waals surface area contributed by atoms with Crippen LogP contribution in [0.1, 0.15) is 20.7 Å². The molecule has 0 spiro atoms. The quantitative estimate of drug-likeness (QED) is 0.576. The molecule has 3 aromatic rings. The average molecular weight is 413 g/mol. The van der Waals surface area contributed by atoms with Crippen LogP contribution in [0.5, 0.6) is 0 Å². The van der Waals surface area contributed by atoms with Crippen LogP contribution in [0.4, 0.5) is 15.8 Å². The second-order valence-corrected chi connectivity index (χ2v) is 7.69. The summed E-state index contributed by atoms with van der Waals surface area (Å²) in [4.78, 5) is 23.7. The molecule has 0 fully saturated rings. The molecule has 0 aliphatic heterocycles. The van der Waals surface area contributed by atoms with E-state index in [2.05, 4.69) is 10.0 Å². The zero-order chi connectivity index (χ0) is 21.0. The molecule has 2 amide bonds. The fourth-order valence-corrected chi connectivity index (χ4v) is 3.58. The number of carbonyl (C=O) groups excluding carboxylic acids is 2. The first-order chi connectivity index (χ1) is 13.8. The molecule has 0 bridgehead atoms. The molecule has 4 N–H and O–H groups in total. The van der Waals surface area contributed by atoms with Gasteiger partial charge in [-0.1, -0.05) is 18.2 Å². The van der Waals surface area contributed by atoms with E-state index < -0.39 is 27.7 Å². The van der Waals surface area contributed by atoms with Gasteiger partial charge in [-0.3, -0.25) is 14.3 Å². The second-order valence-electron chi connectivity index (χ2n) is 6.01. The Hall–Kier alpha value is -3.72. The highest BCUT2D eigenvalue weighted by atomic mass is 32.2. The number of halogens is 1. The zero-order valence-electron chi connectivity index (χ0n) is 14.9. The van der Waals surface area contributed by atoms with Crippen molar-refractivity contribution < 1.29 is 22.4 Å². The van der Waals surface area contributed by atoms with E-state index in [0.717, 1.165) is 12.1 Å². The van der Waals surface area contributed by atoms with Gasteiger partial charge in [-0.2, -0.15) is 0 Å². The minimum absolute atomic E-state index is 0.114. The molecule has 0 aliphatic carbocycles. The first kappa shape index (κ1) is 20.0. The van der Waals surface area contributed by atoms with Gasteiger partial charge < -0.3 is 11.1 Å². The van der Waals surface area contributed by atoms with E-state index in [9.17, 15) is 22.4 Å². The number of nitrogens with one attached hydrogen (secondary N) is 2.